The van der Waals surface area contributed by atoms with Gasteiger partial charge in [0.15, 0.2) is 0 Å². The van der Waals surface area contributed by atoms with Crippen molar-refractivity contribution in [3.05, 3.63) is 33.9 Å². The molecule has 1 aromatic rings. The molecule has 1 rings (SSSR count). The first kappa shape index (κ1) is 14.9. The van der Waals surface area contributed by atoms with Crippen LogP contribution in [0.5, 0.6) is 0 Å². The number of rotatable bonds is 6. The van der Waals surface area contributed by atoms with Gasteiger partial charge in [-0.1, -0.05) is 0 Å². The van der Waals surface area contributed by atoms with Gasteiger partial charge >= 0.3 is 5.97 Å². The second-order valence-electron chi connectivity index (χ2n) is 3.85. The molecule has 0 aliphatic rings. The fraction of sp³-hybridized carbons (Fsp3) is 0.300. The van der Waals surface area contributed by atoms with Gasteiger partial charge in [-0.3, -0.25) is 10.1 Å². The van der Waals surface area contributed by atoms with Crippen LogP contribution in [0.1, 0.15) is 10.4 Å². The number of hydrogen-bond donors (Lipinski definition) is 2. The van der Waals surface area contributed by atoms with Crippen LogP contribution in [0.15, 0.2) is 18.2 Å². The summed E-state index contributed by atoms with van der Waals surface area (Å²) in [4.78, 5) is 20.8. The number of nitrogens with zero attached hydrogens (tertiary/aromatic N) is 1. The summed E-state index contributed by atoms with van der Waals surface area (Å²) in [5.41, 5.74) is -0.535. The Morgan fingerprint density at radius 2 is 2.11 bits per heavy atom. The first-order valence-electron chi connectivity index (χ1n) is 5.14. The van der Waals surface area contributed by atoms with E-state index < -0.39 is 26.4 Å². The van der Waals surface area contributed by atoms with Gasteiger partial charge in [0, 0.05) is 18.9 Å². The number of anilines is 1. The van der Waals surface area contributed by atoms with E-state index in [1.807, 2.05) is 0 Å². The van der Waals surface area contributed by atoms with Crippen LogP contribution in [-0.4, -0.2) is 43.0 Å². The van der Waals surface area contributed by atoms with Crippen LogP contribution in [0.2, 0.25) is 0 Å². The highest BCUT2D eigenvalue weighted by Gasteiger charge is 2.17. The zero-order valence-corrected chi connectivity index (χ0v) is 10.8. The van der Waals surface area contributed by atoms with Gasteiger partial charge in [-0.15, -0.1) is 0 Å². The van der Waals surface area contributed by atoms with Crippen LogP contribution in [0, 0.1) is 10.1 Å². The molecule has 0 amide bonds. The maximum atomic E-state index is 10.9. The predicted molar refractivity (Wildman–Crippen MR) is 68.3 cm³/mol. The number of carboxylic acids is 1. The summed E-state index contributed by atoms with van der Waals surface area (Å²) in [7, 11) is -3.18. The summed E-state index contributed by atoms with van der Waals surface area (Å²) in [6, 6.07) is 3.37. The minimum atomic E-state index is -3.18. The Kier molecular flexibility index (Phi) is 4.43. The Morgan fingerprint density at radius 1 is 1.47 bits per heavy atom. The summed E-state index contributed by atoms with van der Waals surface area (Å²) in [5, 5.41) is 22.2. The van der Waals surface area contributed by atoms with Crippen molar-refractivity contribution >= 4 is 27.2 Å². The van der Waals surface area contributed by atoms with Crippen LogP contribution in [0.4, 0.5) is 11.4 Å². The lowest BCUT2D eigenvalue weighted by Gasteiger charge is -2.07. The molecule has 9 heteroatoms. The van der Waals surface area contributed by atoms with E-state index >= 15 is 0 Å². The Bertz CT molecular complexity index is 610. The SMILES string of the molecule is CS(=O)(=O)CCNc1ccc(C(=O)O)cc1[N+](=O)[O-]. The van der Waals surface area contributed by atoms with Gasteiger partial charge in [0.25, 0.3) is 5.69 Å². The van der Waals surface area contributed by atoms with Crippen LogP contribution in [0.3, 0.4) is 0 Å². The Labute approximate surface area is 109 Å². The number of nitro benzene ring substituents is 1. The normalized spacial score (nSPS) is 11.0. The summed E-state index contributed by atoms with van der Waals surface area (Å²) < 4.78 is 21.9. The molecule has 0 saturated heterocycles. The number of nitrogens with one attached hydrogen (secondary N) is 1. The Balaban J connectivity index is 2.94. The lowest BCUT2D eigenvalue weighted by molar-refractivity contribution is -0.384. The highest BCUT2D eigenvalue weighted by Crippen LogP contribution is 2.25. The van der Waals surface area contributed by atoms with E-state index in [9.17, 15) is 23.3 Å². The smallest absolute Gasteiger partial charge is 0.335 e. The second-order valence-corrected chi connectivity index (χ2v) is 6.11. The van der Waals surface area contributed by atoms with Gasteiger partial charge in [0.2, 0.25) is 0 Å². The monoisotopic (exact) mass is 288 g/mol. The molecule has 0 aliphatic carbocycles. The van der Waals surface area contributed by atoms with E-state index in [0.717, 1.165) is 12.3 Å². The molecule has 0 bridgehead atoms. The molecule has 1 aromatic carbocycles. The molecule has 0 radical (unpaired) electrons. The molecule has 2 N–H and O–H groups in total. The molecule has 104 valence electrons. The number of benzene rings is 1. The molecule has 0 aliphatic heterocycles. The van der Waals surface area contributed by atoms with Crippen molar-refractivity contribution in [3.8, 4) is 0 Å². The molecule has 0 unspecified atom stereocenters. The molecule has 0 fully saturated rings. The van der Waals surface area contributed by atoms with E-state index in [2.05, 4.69) is 5.32 Å². The third kappa shape index (κ3) is 4.54. The topological polar surface area (TPSA) is 127 Å². The lowest BCUT2D eigenvalue weighted by atomic mass is 10.1. The summed E-state index contributed by atoms with van der Waals surface area (Å²) in [5.74, 6) is -1.45. The van der Waals surface area contributed by atoms with Crippen molar-refractivity contribution in [1.82, 2.24) is 0 Å². The van der Waals surface area contributed by atoms with E-state index in [1.54, 1.807) is 0 Å². The van der Waals surface area contributed by atoms with Crippen molar-refractivity contribution < 1.29 is 23.2 Å². The maximum absolute atomic E-state index is 10.9. The number of carbonyl (C=O) groups is 1. The number of carboxylic acid groups (broad SMARTS) is 1. The zero-order chi connectivity index (χ0) is 14.6. The molecule has 0 aromatic heterocycles. The van der Waals surface area contributed by atoms with Crippen LogP contribution in [-0.2, 0) is 9.84 Å². The zero-order valence-electron chi connectivity index (χ0n) is 9.99. The third-order valence-corrected chi connectivity index (χ3v) is 3.18. The van der Waals surface area contributed by atoms with Crippen LogP contribution < -0.4 is 5.32 Å². The Hall–Kier alpha value is -2.16. The minimum absolute atomic E-state index is 0.00604. The average Bonchev–Trinajstić information content (AvgIpc) is 2.27. The van der Waals surface area contributed by atoms with Gasteiger partial charge in [-0.25, -0.2) is 13.2 Å². The quantitative estimate of drug-likeness (QED) is 0.584. The average molecular weight is 288 g/mol. The summed E-state index contributed by atoms with van der Waals surface area (Å²) >= 11 is 0. The summed E-state index contributed by atoms with van der Waals surface area (Å²) in [6.07, 6.45) is 1.05. The molecule has 8 nitrogen and oxygen atoms in total. The van der Waals surface area contributed by atoms with Crippen molar-refractivity contribution in [2.24, 2.45) is 0 Å². The molecular formula is C10H12N2O6S. The molecule has 19 heavy (non-hydrogen) atoms. The van der Waals surface area contributed by atoms with Gasteiger partial charge in [0.1, 0.15) is 15.5 Å². The van der Waals surface area contributed by atoms with Gasteiger partial charge < -0.3 is 10.4 Å². The fourth-order valence-electron chi connectivity index (χ4n) is 1.34. The predicted octanol–water partition coefficient (Wildman–Crippen LogP) is 0.749. The number of aromatic carboxylic acids is 1. The van der Waals surface area contributed by atoms with E-state index in [0.29, 0.717) is 0 Å². The van der Waals surface area contributed by atoms with Gasteiger partial charge in [0.05, 0.1) is 16.2 Å². The maximum Gasteiger partial charge on any atom is 0.335 e. The van der Waals surface area contributed by atoms with Gasteiger partial charge in [-0.05, 0) is 12.1 Å². The third-order valence-electron chi connectivity index (χ3n) is 2.23. The van der Waals surface area contributed by atoms with E-state index in [1.165, 1.54) is 12.1 Å². The summed E-state index contributed by atoms with van der Waals surface area (Å²) in [6.45, 7) is 0.00604. The highest BCUT2D eigenvalue weighted by atomic mass is 32.2. The fourth-order valence-corrected chi connectivity index (χ4v) is 1.81. The van der Waals surface area contributed by atoms with Crippen molar-refractivity contribution in [2.75, 3.05) is 23.9 Å². The molecule has 0 heterocycles. The highest BCUT2D eigenvalue weighted by molar-refractivity contribution is 7.90. The molecular weight excluding hydrogens is 276 g/mol. The van der Waals surface area contributed by atoms with Crippen LogP contribution in [0.25, 0.3) is 0 Å². The molecule has 0 spiro atoms. The number of sulfone groups is 1. The van der Waals surface area contributed by atoms with E-state index in [-0.39, 0.29) is 23.5 Å². The number of hydrogen-bond acceptors (Lipinski definition) is 6. The first-order valence-corrected chi connectivity index (χ1v) is 7.20. The lowest BCUT2D eigenvalue weighted by Crippen LogP contribution is -2.15. The molecule has 0 saturated carbocycles. The molecule has 0 atom stereocenters. The minimum Gasteiger partial charge on any atom is -0.478 e. The van der Waals surface area contributed by atoms with Crippen LogP contribution >= 0.6 is 0 Å². The number of nitro groups is 1. The Morgan fingerprint density at radius 3 is 2.58 bits per heavy atom. The van der Waals surface area contributed by atoms with Gasteiger partial charge in [-0.2, -0.15) is 0 Å². The second kappa shape index (κ2) is 5.65. The van der Waals surface area contributed by atoms with Crippen molar-refractivity contribution in [3.63, 3.8) is 0 Å². The first-order chi connectivity index (χ1) is 8.70. The van der Waals surface area contributed by atoms with E-state index in [4.69, 9.17) is 5.11 Å². The van der Waals surface area contributed by atoms with Crippen molar-refractivity contribution in [2.45, 2.75) is 0 Å². The standard InChI is InChI=1S/C10H12N2O6S/c1-19(17,18)5-4-11-8-3-2-7(10(13)14)6-9(8)12(15)16/h2-3,6,11H,4-5H2,1H3,(H,13,14). The largest absolute Gasteiger partial charge is 0.478 e. The van der Waals surface area contributed by atoms with Crippen molar-refractivity contribution in [1.29, 1.82) is 0 Å².